The van der Waals surface area contributed by atoms with Gasteiger partial charge in [0.2, 0.25) is 0 Å². The molecule has 0 amide bonds. The van der Waals surface area contributed by atoms with Gasteiger partial charge < -0.3 is 5.32 Å². The fourth-order valence-corrected chi connectivity index (χ4v) is 1.88. The molecule has 0 aliphatic carbocycles. The maximum atomic E-state index is 3.69. The van der Waals surface area contributed by atoms with E-state index in [9.17, 15) is 0 Å². The van der Waals surface area contributed by atoms with Gasteiger partial charge in [-0.3, -0.25) is 4.90 Å². The molecule has 2 nitrogen and oxygen atoms in total. The molecule has 0 aromatic heterocycles. The van der Waals surface area contributed by atoms with Crippen molar-refractivity contribution in [2.24, 2.45) is 0 Å². The minimum absolute atomic E-state index is 0.681. The molecule has 13 heavy (non-hydrogen) atoms. The first-order valence-electron chi connectivity index (χ1n) is 5.40. The zero-order valence-electron chi connectivity index (χ0n) is 8.76. The summed E-state index contributed by atoms with van der Waals surface area (Å²) in [6.45, 7) is 10.6. The van der Waals surface area contributed by atoms with Gasteiger partial charge in [0.15, 0.2) is 0 Å². The van der Waals surface area contributed by atoms with Gasteiger partial charge in [0.25, 0.3) is 0 Å². The lowest BCUT2D eigenvalue weighted by Gasteiger charge is -2.32. The summed E-state index contributed by atoms with van der Waals surface area (Å²) >= 11 is 0. The summed E-state index contributed by atoms with van der Waals surface area (Å²) in [5.74, 6) is 0. The second kappa shape index (κ2) is 6.17. The van der Waals surface area contributed by atoms with Gasteiger partial charge in [-0.1, -0.05) is 12.5 Å². The summed E-state index contributed by atoms with van der Waals surface area (Å²) in [5, 5.41) is 3.37. The summed E-state index contributed by atoms with van der Waals surface area (Å²) in [7, 11) is 0. The van der Waals surface area contributed by atoms with Crippen LogP contribution in [0.1, 0.15) is 26.2 Å². The average Bonchev–Trinajstić information content (AvgIpc) is 2.19. The highest BCUT2D eigenvalue weighted by molar-refractivity contribution is 4.76. The second-order valence-corrected chi connectivity index (χ2v) is 3.89. The number of likely N-dealkylation sites (tertiary alicyclic amines) is 1. The van der Waals surface area contributed by atoms with E-state index in [2.05, 4.69) is 23.7 Å². The lowest BCUT2D eigenvalue weighted by atomic mass is 10.1. The Bertz CT molecular complexity index is 139. The van der Waals surface area contributed by atoms with E-state index in [1.165, 1.54) is 32.4 Å². The molecular weight excluding hydrogens is 160 g/mol. The number of nitrogens with one attached hydrogen (secondary N) is 1. The molecule has 2 heteroatoms. The molecule has 76 valence electrons. The molecule has 1 aliphatic heterocycles. The van der Waals surface area contributed by atoms with Crippen molar-refractivity contribution < 1.29 is 0 Å². The van der Waals surface area contributed by atoms with Crippen molar-refractivity contribution in [3.63, 3.8) is 0 Å². The molecular formula is C11H22N2. The normalized spacial score (nSPS) is 21.3. The molecule has 0 aromatic rings. The summed E-state index contributed by atoms with van der Waals surface area (Å²) < 4.78 is 0. The quantitative estimate of drug-likeness (QED) is 0.513. The molecule has 0 saturated carbocycles. The highest BCUT2D eigenvalue weighted by atomic mass is 15.2. The summed E-state index contributed by atoms with van der Waals surface area (Å²) in [4.78, 5) is 2.58. The van der Waals surface area contributed by atoms with Crippen molar-refractivity contribution in [1.29, 1.82) is 0 Å². The van der Waals surface area contributed by atoms with Crippen LogP contribution in [0, 0.1) is 0 Å². The molecule has 1 saturated heterocycles. The monoisotopic (exact) mass is 182 g/mol. The van der Waals surface area contributed by atoms with E-state index in [1.807, 2.05) is 6.08 Å². The minimum atomic E-state index is 0.681. The minimum Gasteiger partial charge on any atom is -0.312 e. The van der Waals surface area contributed by atoms with Gasteiger partial charge >= 0.3 is 0 Å². The van der Waals surface area contributed by atoms with E-state index >= 15 is 0 Å². The van der Waals surface area contributed by atoms with Crippen LogP contribution in [0.2, 0.25) is 0 Å². The summed E-state index contributed by atoms with van der Waals surface area (Å²) in [6, 6.07) is 0.681. The van der Waals surface area contributed by atoms with Gasteiger partial charge in [-0.15, -0.1) is 6.58 Å². The van der Waals surface area contributed by atoms with Gasteiger partial charge in [-0.2, -0.15) is 0 Å². The van der Waals surface area contributed by atoms with Crippen LogP contribution in [0.3, 0.4) is 0 Å². The Labute approximate surface area is 82.0 Å². The zero-order chi connectivity index (χ0) is 9.52. The van der Waals surface area contributed by atoms with E-state index in [4.69, 9.17) is 0 Å². The first-order valence-corrected chi connectivity index (χ1v) is 5.40. The number of nitrogens with zero attached hydrogens (tertiary/aromatic N) is 1. The van der Waals surface area contributed by atoms with Crippen molar-refractivity contribution >= 4 is 0 Å². The number of hydrogen-bond donors (Lipinski definition) is 1. The van der Waals surface area contributed by atoms with Gasteiger partial charge in [0.05, 0.1) is 0 Å². The average molecular weight is 182 g/mol. The van der Waals surface area contributed by atoms with E-state index in [0.717, 1.165) is 13.1 Å². The largest absolute Gasteiger partial charge is 0.312 e. The fraction of sp³-hybridized carbons (Fsp3) is 0.818. The molecule has 0 spiro atoms. The maximum absolute atomic E-state index is 3.69. The van der Waals surface area contributed by atoms with Crippen LogP contribution in [0.15, 0.2) is 12.7 Å². The SMILES string of the molecule is C=CCNCC(C)N1CCCCC1. The van der Waals surface area contributed by atoms with Crippen LogP contribution in [0.4, 0.5) is 0 Å². The second-order valence-electron chi connectivity index (χ2n) is 3.89. The standard InChI is InChI=1S/C11H22N2/c1-3-7-12-10-11(2)13-8-5-4-6-9-13/h3,11-12H,1,4-10H2,2H3. The lowest BCUT2D eigenvalue weighted by molar-refractivity contribution is 0.172. The molecule has 1 aliphatic rings. The van der Waals surface area contributed by atoms with Gasteiger partial charge in [0.1, 0.15) is 0 Å². The van der Waals surface area contributed by atoms with Crippen molar-refractivity contribution in [1.82, 2.24) is 10.2 Å². The van der Waals surface area contributed by atoms with Gasteiger partial charge in [-0.25, -0.2) is 0 Å². The van der Waals surface area contributed by atoms with Crippen LogP contribution >= 0.6 is 0 Å². The molecule has 0 radical (unpaired) electrons. The Morgan fingerprint density at radius 2 is 2.08 bits per heavy atom. The Hall–Kier alpha value is -0.340. The first kappa shape index (κ1) is 10.7. The summed E-state index contributed by atoms with van der Waals surface area (Å²) in [6.07, 6.45) is 6.10. The molecule has 1 atom stereocenters. The van der Waals surface area contributed by atoms with Crippen LogP contribution < -0.4 is 5.32 Å². The van der Waals surface area contributed by atoms with Crippen LogP contribution in [-0.4, -0.2) is 37.1 Å². The lowest BCUT2D eigenvalue weighted by Crippen LogP contribution is -2.43. The van der Waals surface area contributed by atoms with Gasteiger partial charge in [-0.05, 0) is 32.9 Å². The highest BCUT2D eigenvalue weighted by Crippen LogP contribution is 2.11. The first-order chi connectivity index (χ1) is 6.34. The third-order valence-corrected chi connectivity index (χ3v) is 2.74. The van der Waals surface area contributed by atoms with Crippen molar-refractivity contribution in [3.05, 3.63) is 12.7 Å². The van der Waals surface area contributed by atoms with Crippen LogP contribution in [-0.2, 0) is 0 Å². The number of hydrogen-bond acceptors (Lipinski definition) is 2. The highest BCUT2D eigenvalue weighted by Gasteiger charge is 2.15. The molecule has 1 unspecified atom stereocenters. The van der Waals surface area contributed by atoms with Crippen LogP contribution in [0.5, 0.6) is 0 Å². The Morgan fingerprint density at radius 1 is 1.38 bits per heavy atom. The topological polar surface area (TPSA) is 15.3 Å². The van der Waals surface area contributed by atoms with Crippen molar-refractivity contribution in [2.45, 2.75) is 32.2 Å². The van der Waals surface area contributed by atoms with Gasteiger partial charge in [0, 0.05) is 19.1 Å². The zero-order valence-corrected chi connectivity index (χ0v) is 8.76. The number of piperidine rings is 1. The molecule has 0 aromatic carbocycles. The van der Waals surface area contributed by atoms with E-state index in [-0.39, 0.29) is 0 Å². The van der Waals surface area contributed by atoms with E-state index in [0.29, 0.717) is 6.04 Å². The Kier molecular flexibility index (Phi) is 5.09. The van der Waals surface area contributed by atoms with Crippen LogP contribution in [0.25, 0.3) is 0 Å². The van der Waals surface area contributed by atoms with Crippen molar-refractivity contribution in [3.8, 4) is 0 Å². The smallest absolute Gasteiger partial charge is 0.0192 e. The molecule has 1 rings (SSSR count). The number of rotatable bonds is 5. The van der Waals surface area contributed by atoms with E-state index in [1.54, 1.807) is 0 Å². The molecule has 1 fully saturated rings. The Morgan fingerprint density at radius 3 is 2.69 bits per heavy atom. The predicted octanol–water partition coefficient (Wildman–Crippen LogP) is 1.64. The molecule has 0 bridgehead atoms. The third kappa shape index (κ3) is 3.92. The fourth-order valence-electron chi connectivity index (χ4n) is 1.88. The maximum Gasteiger partial charge on any atom is 0.0192 e. The molecule has 1 heterocycles. The Balaban J connectivity index is 2.13. The molecule has 1 N–H and O–H groups in total. The van der Waals surface area contributed by atoms with E-state index < -0.39 is 0 Å². The third-order valence-electron chi connectivity index (χ3n) is 2.74. The van der Waals surface area contributed by atoms with Crippen molar-refractivity contribution in [2.75, 3.05) is 26.2 Å². The summed E-state index contributed by atoms with van der Waals surface area (Å²) in [5.41, 5.74) is 0. The predicted molar refractivity (Wildman–Crippen MR) is 58.0 cm³/mol.